The van der Waals surface area contributed by atoms with Crippen molar-refractivity contribution < 1.29 is 0 Å². The lowest BCUT2D eigenvalue weighted by Crippen LogP contribution is -2.42. The van der Waals surface area contributed by atoms with Crippen LogP contribution in [-0.2, 0) is 0 Å². The van der Waals surface area contributed by atoms with E-state index < -0.39 is 0 Å². The van der Waals surface area contributed by atoms with Crippen molar-refractivity contribution in [1.29, 1.82) is 5.26 Å². The van der Waals surface area contributed by atoms with Gasteiger partial charge in [-0.15, -0.1) is 0 Å². The Hall–Kier alpha value is -0.590. The quantitative estimate of drug-likeness (QED) is 0.730. The van der Waals surface area contributed by atoms with Gasteiger partial charge in [-0.05, 0) is 66.8 Å². The topological polar surface area (TPSA) is 30.3 Å². The van der Waals surface area contributed by atoms with Crippen molar-refractivity contribution in [2.24, 2.45) is 5.41 Å². The Kier molecular flexibility index (Phi) is 4.76. The molecule has 1 fully saturated rings. The third-order valence-corrected chi connectivity index (χ3v) is 3.70. The van der Waals surface area contributed by atoms with Gasteiger partial charge in [0, 0.05) is 6.04 Å². The summed E-state index contributed by atoms with van der Waals surface area (Å²) in [5, 5.41) is 8.98. The molecule has 0 unspecified atom stereocenters. The van der Waals surface area contributed by atoms with Gasteiger partial charge >= 0.3 is 0 Å². The molecule has 3 nitrogen and oxygen atoms in total. The molecule has 0 aromatic heterocycles. The van der Waals surface area contributed by atoms with Gasteiger partial charge in [0.2, 0.25) is 0 Å². The predicted molar refractivity (Wildman–Crippen MR) is 67.2 cm³/mol. The van der Waals surface area contributed by atoms with Crippen LogP contribution in [0.1, 0.15) is 33.1 Å². The number of piperidine rings is 1. The van der Waals surface area contributed by atoms with Crippen LogP contribution in [0.25, 0.3) is 0 Å². The lowest BCUT2D eigenvalue weighted by molar-refractivity contribution is 0.136. The minimum atomic E-state index is -0.181. The number of nitrogens with zero attached hydrogens (tertiary/aromatic N) is 3. The first-order chi connectivity index (χ1) is 7.44. The molecular weight excluding hydrogens is 198 g/mol. The molecule has 1 aliphatic heterocycles. The molecule has 0 spiro atoms. The first-order valence-electron chi connectivity index (χ1n) is 6.24. The monoisotopic (exact) mass is 223 g/mol. The van der Waals surface area contributed by atoms with Gasteiger partial charge in [0.15, 0.2) is 0 Å². The molecule has 1 aliphatic rings. The van der Waals surface area contributed by atoms with E-state index in [1.54, 1.807) is 0 Å². The fourth-order valence-electron chi connectivity index (χ4n) is 2.13. The Morgan fingerprint density at radius 3 is 2.44 bits per heavy atom. The molecule has 0 N–H and O–H groups in total. The molecule has 0 bridgehead atoms. The first kappa shape index (κ1) is 13.5. The minimum absolute atomic E-state index is 0.181. The zero-order valence-corrected chi connectivity index (χ0v) is 11.2. The summed E-state index contributed by atoms with van der Waals surface area (Å²) in [6.07, 6.45) is 3.49. The summed E-state index contributed by atoms with van der Waals surface area (Å²) in [5.41, 5.74) is -0.181. The summed E-state index contributed by atoms with van der Waals surface area (Å²) in [4.78, 5) is 4.83. The third kappa shape index (κ3) is 4.11. The molecular formula is C13H25N3. The highest BCUT2D eigenvalue weighted by Crippen LogP contribution is 2.21. The minimum Gasteiger partial charge on any atom is -0.306 e. The Morgan fingerprint density at radius 2 is 1.94 bits per heavy atom. The maximum absolute atomic E-state index is 8.98. The van der Waals surface area contributed by atoms with Crippen LogP contribution in [0.5, 0.6) is 0 Å². The van der Waals surface area contributed by atoms with E-state index in [0.717, 1.165) is 13.0 Å². The van der Waals surface area contributed by atoms with E-state index in [4.69, 9.17) is 5.26 Å². The lowest BCUT2D eigenvalue weighted by atomic mass is 9.91. The number of rotatable bonds is 4. The van der Waals surface area contributed by atoms with Crippen molar-refractivity contribution in [3.63, 3.8) is 0 Å². The number of likely N-dealkylation sites (tertiary alicyclic amines) is 1. The Bertz CT molecular complexity index is 246. The largest absolute Gasteiger partial charge is 0.306 e. The van der Waals surface area contributed by atoms with Crippen LogP contribution < -0.4 is 0 Å². The zero-order chi connectivity index (χ0) is 12.2. The van der Waals surface area contributed by atoms with Gasteiger partial charge in [0.05, 0.1) is 11.5 Å². The highest BCUT2D eigenvalue weighted by Gasteiger charge is 2.23. The van der Waals surface area contributed by atoms with Crippen molar-refractivity contribution in [2.75, 3.05) is 33.7 Å². The van der Waals surface area contributed by atoms with E-state index in [0.29, 0.717) is 6.04 Å². The fraction of sp³-hybridized carbons (Fsp3) is 0.923. The van der Waals surface area contributed by atoms with Gasteiger partial charge in [0.25, 0.3) is 0 Å². The molecule has 0 aromatic rings. The molecule has 1 rings (SSSR count). The molecule has 3 heteroatoms. The molecule has 0 atom stereocenters. The van der Waals surface area contributed by atoms with Crippen molar-refractivity contribution in [3.8, 4) is 6.07 Å². The van der Waals surface area contributed by atoms with E-state index in [1.807, 2.05) is 13.8 Å². The Labute approximate surface area is 100 Å². The van der Waals surface area contributed by atoms with Crippen LogP contribution in [0.4, 0.5) is 0 Å². The van der Waals surface area contributed by atoms with Gasteiger partial charge in [0.1, 0.15) is 0 Å². The highest BCUT2D eigenvalue weighted by molar-refractivity contribution is 4.92. The van der Waals surface area contributed by atoms with Gasteiger partial charge in [-0.2, -0.15) is 5.26 Å². The molecule has 1 heterocycles. The normalized spacial score (nSPS) is 20.0. The predicted octanol–water partition coefficient (Wildman–Crippen LogP) is 1.95. The molecule has 0 amide bonds. The smallest absolute Gasteiger partial charge is 0.0684 e. The first-order valence-corrected chi connectivity index (χ1v) is 6.24. The highest BCUT2D eigenvalue weighted by atomic mass is 15.2. The van der Waals surface area contributed by atoms with Crippen molar-refractivity contribution in [2.45, 2.75) is 39.2 Å². The molecule has 0 aliphatic carbocycles. The summed E-state index contributed by atoms with van der Waals surface area (Å²) < 4.78 is 0. The van der Waals surface area contributed by atoms with Gasteiger partial charge in [-0.3, -0.25) is 0 Å². The van der Waals surface area contributed by atoms with E-state index in [-0.39, 0.29) is 5.41 Å². The second-order valence-corrected chi connectivity index (χ2v) is 5.76. The molecule has 0 aromatic carbocycles. The van der Waals surface area contributed by atoms with E-state index in [2.05, 4.69) is 30.0 Å². The Morgan fingerprint density at radius 1 is 1.38 bits per heavy atom. The van der Waals surface area contributed by atoms with Crippen molar-refractivity contribution in [3.05, 3.63) is 0 Å². The Balaban J connectivity index is 2.30. The maximum atomic E-state index is 8.98. The second kappa shape index (κ2) is 5.65. The SMILES string of the molecule is CN1CCC(N(C)CCC(C)(C)C#N)CC1. The molecule has 1 saturated heterocycles. The standard InChI is InChI=1S/C13H25N3/c1-13(2,11-14)7-10-16(4)12-5-8-15(3)9-6-12/h12H,5-10H2,1-4H3. The van der Waals surface area contributed by atoms with Gasteiger partial charge in [-0.1, -0.05) is 0 Å². The van der Waals surface area contributed by atoms with Crippen LogP contribution in [0.2, 0.25) is 0 Å². The lowest BCUT2D eigenvalue weighted by Gasteiger charge is -2.35. The zero-order valence-electron chi connectivity index (χ0n) is 11.2. The number of nitriles is 1. The second-order valence-electron chi connectivity index (χ2n) is 5.76. The molecule has 0 radical (unpaired) electrons. The maximum Gasteiger partial charge on any atom is 0.0684 e. The number of hydrogen-bond acceptors (Lipinski definition) is 3. The number of hydrogen-bond donors (Lipinski definition) is 0. The van der Waals surface area contributed by atoms with Crippen molar-refractivity contribution >= 4 is 0 Å². The summed E-state index contributed by atoms with van der Waals surface area (Å²) in [6, 6.07) is 3.09. The summed E-state index contributed by atoms with van der Waals surface area (Å²) in [7, 11) is 4.39. The van der Waals surface area contributed by atoms with Gasteiger partial charge < -0.3 is 9.80 Å². The van der Waals surface area contributed by atoms with Crippen LogP contribution >= 0.6 is 0 Å². The average Bonchev–Trinajstić information content (AvgIpc) is 2.27. The molecule has 16 heavy (non-hydrogen) atoms. The van der Waals surface area contributed by atoms with Crippen LogP contribution in [-0.4, -0.2) is 49.6 Å². The summed E-state index contributed by atoms with van der Waals surface area (Å²) in [5.74, 6) is 0. The third-order valence-electron chi connectivity index (χ3n) is 3.70. The molecule has 0 saturated carbocycles. The average molecular weight is 223 g/mol. The van der Waals surface area contributed by atoms with Crippen LogP contribution in [0.3, 0.4) is 0 Å². The summed E-state index contributed by atoms with van der Waals surface area (Å²) >= 11 is 0. The van der Waals surface area contributed by atoms with Gasteiger partial charge in [-0.25, -0.2) is 0 Å². The van der Waals surface area contributed by atoms with Crippen LogP contribution in [0.15, 0.2) is 0 Å². The van der Waals surface area contributed by atoms with E-state index in [1.165, 1.54) is 25.9 Å². The molecule has 92 valence electrons. The van der Waals surface area contributed by atoms with E-state index >= 15 is 0 Å². The fourth-order valence-corrected chi connectivity index (χ4v) is 2.13. The van der Waals surface area contributed by atoms with Crippen molar-refractivity contribution in [1.82, 2.24) is 9.80 Å². The van der Waals surface area contributed by atoms with E-state index in [9.17, 15) is 0 Å². The van der Waals surface area contributed by atoms with Crippen LogP contribution in [0, 0.1) is 16.7 Å². The summed E-state index contributed by atoms with van der Waals surface area (Å²) in [6.45, 7) is 7.49.